The molecule has 1 heterocycles. The lowest BCUT2D eigenvalue weighted by atomic mass is 9.90. The molecule has 18 heavy (non-hydrogen) atoms. The highest BCUT2D eigenvalue weighted by Crippen LogP contribution is 2.24. The van der Waals surface area contributed by atoms with E-state index in [1.165, 1.54) is 0 Å². The Bertz CT molecular complexity index is 500. The number of benzene rings is 1. The SMILES string of the molecule is NCC(O)(CCn1cc(Cl)cn1)c1ccccc1. The molecule has 0 saturated carbocycles. The van der Waals surface area contributed by atoms with Crippen LogP contribution in [0.2, 0.25) is 5.02 Å². The minimum Gasteiger partial charge on any atom is -0.384 e. The Morgan fingerprint density at radius 3 is 2.61 bits per heavy atom. The third-order valence-corrected chi connectivity index (χ3v) is 3.20. The van der Waals surface area contributed by atoms with Gasteiger partial charge in [0, 0.05) is 25.7 Å². The van der Waals surface area contributed by atoms with Crippen LogP contribution in [0.4, 0.5) is 0 Å². The van der Waals surface area contributed by atoms with Crippen LogP contribution in [0, 0.1) is 0 Å². The van der Waals surface area contributed by atoms with Crippen molar-refractivity contribution in [2.45, 2.75) is 18.6 Å². The van der Waals surface area contributed by atoms with Crippen LogP contribution in [0.15, 0.2) is 42.7 Å². The highest BCUT2D eigenvalue weighted by atomic mass is 35.5. The molecule has 1 unspecified atom stereocenters. The van der Waals surface area contributed by atoms with Gasteiger partial charge in [0.05, 0.1) is 11.2 Å². The summed E-state index contributed by atoms with van der Waals surface area (Å²) in [5.74, 6) is 0. The summed E-state index contributed by atoms with van der Waals surface area (Å²) in [6.07, 6.45) is 3.79. The molecule has 0 fully saturated rings. The Morgan fingerprint density at radius 2 is 2.06 bits per heavy atom. The predicted octanol–water partition coefficient (Wildman–Crippen LogP) is 1.77. The van der Waals surface area contributed by atoms with Crippen molar-refractivity contribution in [2.75, 3.05) is 6.54 Å². The molecule has 2 rings (SSSR count). The highest BCUT2D eigenvalue weighted by Gasteiger charge is 2.27. The summed E-state index contributed by atoms with van der Waals surface area (Å²) >= 11 is 5.79. The van der Waals surface area contributed by atoms with Crippen LogP contribution in [0.1, 0.15) is 12.0 Å². The van der Waals surface area contributed by atoms with E-state index in [0.29, 0.717) is 18.0 Å². The topological polar surface area (TPSA) is 64.1 Å². The van der Waals surface area contributed by atoms with Gasteiger partial charge in [0.2, 0.25) is 0 Å². The van der Waals surface area contributed by atoms with Gasteiger partial charge >= 0.3 is 0 Å². The van der Waals surface area contributed by atoms with Crippen LogP contribution in [0.25, 0.3) is 0 Å². The van der Waals surface area contributed by atoms with Crippen molar-refractivity contribution >= 4 is 11.6 Å². The number of rotatable bonds is 5. The Hall–Kier alpha value is -1.36. The van der Waals surface area contributed by atoms with Crippen molar-refractivity contribution in [3.63, 3.8) is 0 Å². The molecule has 0 spiro atoms. The Kier molecular flexibility index (Phi) is 4.01. The molecule has 1 atom stereocenters. The number of aliphatic hydroxyl groups is 1. The van der Waals surface area contributed by atoms with Gasteiger partial charge in [-0.3, -0.25) is 4.68 Å². The first-order chi connectivity index (χ1) is 8.64. The van der Waals surface area contributed by atoms with Gasteiger partial charge in [0.25, 0.3) is 0 Å². The quantitative estimate of drug-likeness (QED) is 0.866. The van der Waals surface area contributed by atoms with Crippen molar-refractivity contribution in [3.05, 3.63) is 53.3 Å². The van der Waals surface area contributed by atoms with E-state index in [1.54, 1.807) is 17.1 Å². The van der Waals surface area contributed by atoms with E-state index < -0.39 is 5.60 Å². The number of aromatic nitrogens is 2. The summed E-state index contributed by atoms with van der Waals surface area (Å²) in [6, 6.07) is 9.45. The van der Waals surface area contributed by atoms with Crippen LogP contribution >= 0.6 is 11.6 Å². The van der Waals surface area contributed by atoms with E-state index in [4.69, 9.17) is 17.3 Å². The van der Waals surface area contributed by atoms with Crippen molar-refractivity contribution < 1.29 is 5.11 Å². The lowest BCUT2D eigenvalue weighted by Gasteiger charge is -2.27. The Morgan fingerprint density at radius 1 is 1.33 bits per heavy atom. The zero-order valence-corrected chi connectivity index (χ0v) is 10.7. The number of nitrogens with zero attached hydrogens (tertiary/aromatic N) is 2. The van der Waals surface area contributed by atoms with E-state index in [2.05, 4.69) is 5.10 Å². The smallest absolute Gasteiger partial charge is 0.104 e. The van der Waals surface area contributed by atoms with Gasteiger partial charge in [-0.2, -0.15) is 5.10 Å². The average Bonchev–Trinajstić information content (AvgIpc) is 2.83. The summed E-state index contributed by atoms with van der Waals surface area (Å²) < 4.78 is 1.70. The fourth-order valence-electron chi connectivity index (χ4n) is 1.87. The minimum atomic E-state index is -1.03. The summed E-state index contributed by atoms with van der Waals surface area (Å²) in [4.78, 5) is 0. The lowest BCUT2D eigenvalue weighted by molar-refractivity contribution is 0.0312. The molecule has 0 aliphatic carbocycles. The number of hydrogen-bond acceptors (Lipinski definition) is 3. The summed E-state index contributed by atoms with van der Waals surface area (Å²) in [5, 5.41) is 15.2. The molecule has 4 nitrogen and oxygen atoms in total. The van der Waals surface area contributed by atoms with Gasteiger partial charge in [0.1, 0.15) is 5.60 Å². The van der Waals surface area contributed by atoms with Crippen molar-refractivity contribution in [1.29, 1.82) is 0 Å². The maximum Gasteiger partial charge on any atom is 0.104 e. The second kappa shape index (κ2) is 5.52. The molecule has 96 valence electrons. The van der Waals surface area contributed by atoms with Crippen LogP contribution in [-0.4, -0.2) is 21.4 Å². The van der Waals surface area contributed by atoms with E-state index in [-0.39, 0.29) is 6.54 Å². The first-order valence-corrected chi connectivity index (χ1v) is 6.18. The van der Waals surface area contributed by atoms with E-state index in [9.17, 15) is 5.11 Å². The number of aryl methyl sites for hydroxylation is 1. The van der Waals surface area contributed by atoms with Crippen LogP contribution < -0.4 is 5.73 Å². The van der Waals surface area contributed by atoms with Crippen LogP contribution in [0.3, 0.4) is 0 Å². The zero-order chi connectivity index (χ0) is 13.0. The third kappa shape index (κ3) is 2.90. The van der Waals surface area contributed by atoms with Gasteiger partial charge in [-0.05, 0) is 5.56 Å². The molecule has 0 radical (unpaired) electrons. The molecule has 1 aromatic heterocycles. The van der Waals surface area contributed by atoms with Gasteiger partial charge in [-0.1, -0.05) is 41.9 Å². The van der Waals surface area contributed by atoms with Crippen LogP contribution in [0.5, 0.6) is 0 Å². The summed E-state index contributed by atoms with van der Waals surface area (Å²) in [6.45, 7) is 0.737. The number of halogens is 1. The normalized spacial score (nSPS) is 14.4. The first kappa shape index (κ1) is 13.1. The highest BCUT2D eigenvalue weighted by molar-refractivity contribution is 6.30. The standard InChI is InChI=1S/C13H16ClN3O/c14-12-8-16-17(9-12)7-6-13(18,10-15)11-4-2-1-3-5-11/h1-5,8-9,18H,6-7,10,15H2. The van der Waals surface area contributed by atoms with Crippen molar-refractivity contribution in [2.24, 2.45) is 5.73 Å². The molecule has 0 bridgehead atoms. The molecule has 3 N–H and O–H groups in total. The maximum atomic E-state index is 10.6. The molecule has 0 saturated heterocycles. The molecule has 2 aromatic rings. The monoisotopic (exact) mass is 265 g/mol. The Labute approximate surface area is 111 Å². The molecule has 0 aliphatic heterocycles. The summed E-state index contributed by atoms with van der Waals surface area (Å²) in [7, 11) is 0. The fourth-order valence-corrected chi connectivity index (χ4v) is 2.03. The average molecular weight is 266 g/mol. The third-order valence-electron chi connectivity index (χ3n) is 3.01. The van der Waals surface area contributed by atoms with Crippen LogP contribution in [-0.2, 0) is 12.1 Å². The van der Waals surface area contributed by atoms with Gasteiger partial charge in [-0.25, -0.2) is 0 Å². The molecule has 5 heteroatoms. The van der Waals surface area contributed by atoms with Gasteiger partial charge in [0.15, 0.2) is 0 Å². The first-order valence-electron chi connectivity index (χ1n) is 5.80. The Balaban J connectivity index is 2.09. The van der Waals surface area contributed by atoms with E-state index in [0.717, 1.165) is 5.56 Å². The van der Waals surface area contributed by atoms with Gasteiger partial charge in [-0.15, -0.1) is 0 Å². The number of hydrogen-bond donors (Lipinski definition) is 2. The van der Waals surface area contributed by atoms with Gasteiger partial charge < -0.3 is 10.8 Å². The largest absolute Gasteiger partial charge is 0.384 e. The molecule has 1 aromatic carbocycles. The van der Waals surface area contributed by atoms with Crippen molar-refractivity contribution in [3.8, 4) is 0 Å². The predicted molar refractivity (Wildman–Crippen MR) is 71.2 cm³/mol. The summed E-state index contributed by atoms with van der Waals surface area (Å²) in [5.41, 5.74) is 5.50. The maximum absolute atomic E-state index is 10.6. The second-order valence-corrected chi connectivity index (χ2v) is 4.71. The molecular formula is C13H16ClN3O. The fraction of sp³-hybridized carbons (Fsp3) is 0.308. The molecular weight excluding hydrogens is 250 g/mol. The molecule has 0 amide bonds. The van der Waals surface area contributed by atoms with Crippen molar-refractivity contribution in [1.82, 2.24) is 9.78 Å². The number of nitrogens with two attached hydrogens (primary N) is 1. The molecule has 0 aliphatic rings. The van der Waals surface area contributed by atoms with E-state index in [1.807, 2.05) is 30.3 Å². The second-order valence-electron chi connectivity index (χ2n) is 4.27. The lowest BCUT2D eigenvalue weighted by Crippen LogP contribution is -2.36. The van der Waals surface area contributed by atoms with E-state index >= 15 is 0 Å². The minimum absolute atomic E-state index is 0.173. The zero-order valence-electron chi connectivity index (χ0n) is 9.96.